The summed E-state index contributed by atoms with van der Waals surface area (Å²) in [5, 5.41) is 0. The summed E-state index contributed by atoms with van der Waals surface area (Å²) in [5.41, 5.74) is 0.472. The summed E-state index contributed by atoms with van der Waals surface area (Å²) in [6.45, 7) is 5.81. The molecule has 27 heavy (non-hydrogen) atoms. The van der Waals surface area contributed by atoms with Gasteiger partial charge < -0.3 is 4.74 Å². The molecule has 2 fully saturated rings. The van der Waals surface area contributed by atoms with E-state index < -0.39 is 0 Å². The van der Waals surface area contributed by atoms with Crippen LogP contribution in [0.5, 0.6) is 0 Å². The predicted octanol–water partition coefficient (Wildman–Crippen LogP) is 7.21. The summed E-state index contributed by atoms with van der Waals surface area (Å²) in [7, 11) is 0. The third kappa shape index (κ3) is 9.59. The zero-order chi connectivity index (χ0) is 19.4. The van der Waals surface area contributed by atoms with Crippen molar-refractivity contribution in [3.8, 4) is 0 Å². The minimum atomic E-state index is 0.472. The van der Waals surface area contributed by atoms with E-state index in [1.54, 1.807) is 0 Å². The number of hydrogen-bond acceptors (Lipinski definition) is 2. The molecule has 2 aliphatic rings. The van der Waals surface area contributed by atoms with E-state index in [2.05, 4.69) is 20.3 Å². The highest BCUT2D eigenvalue weighted by Gasteiger charge is 2.40. The Labute approximate surface area is 169 Å². The molecule has 3 atom stereocenters. The van der Waals surface area contributed by atoms with Gasteiger partial charge >= 0.3 is 0 Å². The largest absolute Gasteiger partial charge is 0.378 e. The fourth-order valence-corrected chi connectivity index (χ4v) is 5.07. The van der Waals surface area contributed by atoms with Crippen LogP contribution >= 0.6 is 0 Å². The molecule has 0 aromatic rings. The topological polar surface area (TPSA) is 26.3 Å². The van der Waals surface area contributed by atoms with Crippen LogP contribution in [0, 0.1) is 23.7 Å². The Morgan fingerprint density at radius 2 is 1.52 bits per heavy atom. The Bertz CT molecular complexity index is 390. The molecule has 2 heteroatoms. The molecule has 0 spiro atoms. The zero-order valence-corrected chi connectivity index (χ0v) is 18.1. The van der Waals surface area contributed by atoms with Crippen molar-refractivity contribution >= 4 is 6.29 Å². The van der Waals surface area contributed by atoms with Crippen molar-refractivity contribution in [2.45, 2.75) is 123 Å². The van der Waals surface area contributed by atoms with E-state index in [1.807, 2.05) is 6.29 Å². The number of carbonyl (C=O) groups excluding carboxylic acids is 1. The second-order valence-corrected chi connectivity index (χ2v) is 9.97. The lowest BCUT2D eigenvalue weighted by Gasteiger charge is -2.24. The van der Waals surface area contributed by atoms with Gasteiger partial charge in [0, 0.05) is 13.0 Å². The highest BCUT2D eigenvalue weighted by atomic mass is 16.5. The van der Waals surface area contributed by atoms with Crippen LogP contribution in [0.1, 0.15) is 117 Å². The van der Waals surface area contributed by atoms with Gasteiger partial charge in [0.05, 0.1) is 6.10 Å². The molecule has 0 N–H and O–H groups in total. The minimum Gasteiger partial charge on any atom is -0.378 e. The van der Waals surface area contributed by atoms with Gasteiger partial charge in [-0.25, -0.2) is 0 Å². The van der Waals surface area contributed by atoms with E-state index in [0.29, 0.717) is 17.9 Å². The average Bonchev–Trinajstić information content (AvgIpc) is 3.26. The summed E-state index contributed by atoms with van der Waals surface area (Å²) in [6.07, 6.45) is 25.4. The van der Waals surface area contributed by atoms with Crippen molar-refractivity contribution in [2.24, 2.45) is 17.3 Å². The molecule has 0 amide bonds. The standard InChI is InChI=1S/C25H44O2/c1-25(2,17-11-7-8-12-18-26)16-10-6-4-3-5-9-13-19-27-24-21-22-14-15-23(24)20-22/h14,22-24H,3-13,15-17,19-21H2,1-2H3. The number of rotatable bonds is 17. The number of unbranched alkanes of at least 4 members (excludes halogenated alkanes) is 9. The highest BCUT2D eigenvalue weighted by molar-refractivity contribution is 5.50. The van der Waals surface area contributed by atoms with E-state index >= 15 is 0 Å². The van der Waals surface area contributed by atoms with E-state index in [-0.39, 0.29) is 0 Å². The first kappa shape index (κ1) is 22.9. The Balaban J connectivity index is 1.32. The first-order valence-corrected chi connectivity index (χ1v) is 11.9. The highest BCUT2D eigenvalue weighted by Crippen LogP contribution is 2.45. The van der Waals surface area contributed by atoms with Crippen molar-refractivity contribution in [3.05, 3.63) is 6.42 Å². The third-order valence-electron chi connectivity index (χ3n) is 6.90. The molecule has 0 heterocycles. The molecule has 156 valence electrons. The van der Waals surface area contributed by atoms with Crippen molar-refractivity contribution < 1.29 is 9.53 Å². The maximum Gasteiger partial charge on any atom is 0.198 e. The molecule has 3 unspecified atom stereocenters. The fourth-order valence-electron chi connectivity index (χ4n) is 5.07. The van der Waals surface area contributed by atoms with Crippen LogP contribution in [0.2, 0.25) is 0 Å². The van der Waals surface area contributed by atoms with Crippen LogP contribution in [-0.2, 0) is 9.53 Å². The van der Waals surface area contributed by atoms with Gasteiger partial charge in [0.25, 0.3) is 0 Å². The van der Waals surface area contributed by atoms with Gasteiger partial charge in [-0.3, -0.25) is 4.79 Å². The molecular formula is C25H44O2. The minimum absolute atomic E-state index is 0.472. The summed E-state index contributed by atoms with van der Waals surface area (Å²) in [5.74, 6) is 1.74. The summed E-state index contributed by atoms with van der Waals surface area (Å²) in [6, 6.07) is 0. The molecule has 2 nitrogen and oxygen atoms in total. The quantitative estimate of drug-likeness (QED) is 0.251. The third-order valence-corrected chi connectivity index (χ3v) is 6.90. The second-order valence-electron chi connectivity index (χ2n) is 9.97. The van der Waals surface area contributed by atoms with Gasteiger partial charge in [0.1, 0.15) is 0 Å². The van der Waals surface area contributed by atoms with Crippen LogP contribution in [0.3, 0.4) is 0 Å². The van der Waals surface area contributed by atoms with E-state index in [0.717, 1.165) is 24.9 Å². The van der Waals surface area contributed by atoms with E-state index in [9.17, 15) is 4.79 Å². The number of ether oxygens (including phenoxy) is 1. The Kier molecular flexibility index (Phi) is 11.0. The van der Waals surface area contributed by atoms with E-state index in [4.69, 9.17) is 4.74 Å². The summed E-state index contributed by atoms with van der Waals surface area (Å²) < 4.78 is 6.13. The fraction of sp³-hybridized carbons (Fsp3) is 0.920. The summed E-state index contributed by atoms with van der Waals surface area (Å²) >= 11 is 0. The van der Waals surface area contributed by atoms with Gasteiger partial charge in [-0.1, -0.05) is 65.2 Å². The molecule has 2 radical (unpaired) electrons. The molecule has 2 bridgehead atoms. The van der Waals surface area contributed by atoms with Gasteiger partial charge in [-0.2, -0.15) is 0 Å². The molecule has 0 aromatic heterocycles. The zero-order valence-electron chi connectivity index (χ0n) is 18.1. The lowest BCUT2D eigenvalue weighted by molar-refractivity contribution is 0.0198. The molecule has 0 saturated heterocycles. The van der Waals surface area contributed by atoms with Gasteiger partial charge in [0.2, 0.25) is 0 Å². The Hall–Kier alpha value is -0.370. The lowest BCUT2D eigenvalue weighted by atomic mass is 9.82. The first-order valence-electron chi connectivity index (χ1n) is 11.9. The molecule has 2 saturated carbocycles. The molecule has 2 rings (SSSR count). The summed E-state index contributed by atoms with van der Waals surface area (Å²) in [4.78, 5) is 10.2. The first-order chi connectivity index (χ1) is 13.1. The molecule has 0 aromatic carbocycles. The van der Waals surface area contributed by atoms with Crippen LogP contribution in [-0.4, -0.2) is 19.0 Å². The van der Waals surface area contributed by atoms with E-state index in [1.165, 1.54) is 89.9 Å². The van der Waals surface area contributed by atoms with Crippen LogP contribution < -0.4 is 0 Å². The maximum atomic E-state index is 10.2. The number of fused-ring (bicyclic) bond motifs is 2. The maximum absolute atomic E-state index is 10.2. The SMILES string of the molecule is CC(C)(CCCCC[C]=O)CCCCCCCCCOC1CC2[CH]CC1C2. The Morgan fingerprint density at radius 3 is 2.11 bits per heavy atom. The van der Waals surface area contributed by atoms with Crippen LogP contribution in [0.4, 0.5) is 0 Å². The molecule has 0 aliphatic heterocycles. The predicted molar refractivity (Wildman–Crippen MR) is 114 cm³/mol. The average molecular weight is 377 g/mol. The van der Waals surface area contributed by atoms with Crippen LogP contribution in [0.15, 0.2) is 0 Å². The van der Waals surface area contributed by atoms with Gasteiger partial charge in [0.15, 0.2) is 6.29 Å². The molecule has 2 aliphatic carbocycles. The number of hydrogen-bond donors (Lipinski definition) is 0. The van der Waals surface area contributed by atoms with Crippen molar-refractivity contribution in [1.82, 2.24) is 0 Å². The molecular weight excluding hydrogens is 332 g/mol. The Morgan fingerprint density at radius 1 is 0.889 bits per heavy atom. The van der Waals surface area contributed by atoms with Crippen molar-refractivity contribution in [2.75, 3.05) is 6.61 Å². The normalized spacial score (nSPS) is 24.6. The second kappa shape index (κ2) is 13.0. The van der Waals surface area contributed by atoms with Gasteiger partial charge in [-0.15, -0.1) is 0 Å². The van der Waals surface area contributed by atoms with Crippen molar-refractivity contribution in [1.29, 1.82) is 0 Å². The lowest BCUT2D eigenvalue weighted by Crippen LogP contribution is -2.21. The van der Waals surface area contributed by atoms with Gasteiger partial charge in [-0.05, 0) is 68.6 Å². The van der Waals surface area contributed by atoms with Crippen molar-refractivity contribution in [3.63, 3.8) is 0 Å². The monoisotopic (exact) mass is 376 g/mol. The van der Waals surface area contributed by atoms with Crippen LogP contribution in [0.25, 0.3) is 0 Å². The smallest absolute Gasteiger partial charge is 0.198 e.